The van der Waals surface area contributed by atoms with Crippen LogP contribution in [0.5, 0.6) is 0 Å². The molecule has 5 rings (SSSR count). The molecule has 1 amide bonds. The van der Waals surface area contributed by atoms with Crippen LogP contribution in [0.3, 0.4) is 0 Å². The number of nitrogens with zero attached hydrogens (tertiary/aromatic N) is 1. The molecule has 1 aliphatic heterocycles. The van der Waals surface area contributed by atoms with Gasteiger partial charge in [-0.25, -0.2) is 0 Å². The number of hydrogen-bond donors (Lipinski definition) is 1. The molecule has 1 atom stereocenters. The molecule has 4 saturated carbocycles. The molecule has 0 radical (unpaired) electrons. The second-order valence-electron chi connectivity index (χ2n) is 7.60. The van der Waals surface area contributed by atoms with Crippen molar-refractivity contribution in [2.24, 2.45) is 35.3 Å². The molecule has 1 unspecified atom stereocenters. The average Bonchev–Trinajstić information content (AvgIpc) is 2.39. The van der Waals surface area contributed by atoms with E-state index < -0.39 is 0 Å². The zero-order valence-electron chi connectivity index (χ0n) is 11.8. The number of amides is 1. The van der Waals surface area contributed by atoms with Crippen molar-refractivity contribution in [3.05, 3.63) is 0 Å². The Bertz CT molecular complexity index is 353. The highest BCUT2D eigenvalue weighted by molar-refractivity contribution is 5.77. The first-order valence-electron chi connectivity index (χ1n) is 8.24. The van der Waals surface area contributed by atoms with Gasteiger partial charge in [-0.3, -0.25) is 4.79 Å². The summed E-state index contributed by atoms with van der Waals surface area (Å²) in [7, 11) is 0. The molecule has 0 aromatic carbocycles. The summed E-state index contributed by atoms with van der Waals surface area (Å²) in [5.41, 5.74) is 5.73. The number of nitrogens with two attached hydrogens (primary N) is 1. The fourth-order valence-electron chi connectivity index (χ4n) is 5.83. The number of likely N-dealkylation sites (tertiary alicyclic amines) is 1. The molecule has 19 heavy (non-hydrogen) atoms. The van der Waals surface area contributed by atoms with Crippen LogP contribution in [0.25, 0.3) is 0 Å². The maximum absolute atomic E-state index is 12.5. The van der Waals surface area contributed by atoms with Gasteiger partial charge in [-0.15, -0.1) is 0 Å². The third-order valence-corrected chi connectivity index (χ3v) is 6.43. The van der Waals surface area contributed by atoms with Crippen molar-refractivity contribution in [1.29, 1.82) is 0 Å². The third kappa shape index (κ3) is 1.93. The van der Waals surface area contributed by atoms with Gasteiger partial charge in [0.1, 0.15) is 0 Å². The number of hydrogen-bond acceptors (Lipinski definition) is 2. The minimum absolute atomic E-state index is 0.402. The molecule has 1 saturated heterocycles. The monoisotopic (exact) mass is 262 g/mol. The highest BCUT2D eigenvalue weighted by Crippen LogP contribution is 2.55. The molecule has 3 heteroatoms. The highest BCUT2D eigenvalue weighted by Gasteiger charge is 2.51. The first-order valence-corrected chi connectivity index (χ1v) is 8.24. The summed E-state index contributed by atoms with van der Waals surface area (Å²) in [5, 5.41) is 0. The Morgan fingerprint density at radius 1 is 1.05 bits per heavy atom. The molecular weight excluding hydrogens is 236 g/mol. The number of piperidine rings is 1. The van der Waals surface area contributed by atoms with E-state index in [4.69, 9.17) is 5.73 Å². The van der Waals surface area contributed by atoms with Gasteiger partial charge in [0, 0.05) is 19.0 Å². The highest BCUT2D eigenvalue weighted by atomic mass is 16.2. The van der Waals surface area contributed by atoms with E-state index in [-0.39, 0.29) is 0 Å². The van der Waals surface area contributed by atoms with Crippen molar-refractivity contribution in [2.45, 2.75) is 51.0 Å². The second kappa shape index (κ2) is 4.47. The van der Waals surface area contributed by atoms with Crippen LogP contribution in [-0.4, -0.2) is 29.9 Å². The summed E-state index contributed by atoms with van der Waals surface area (Å²) in [6.45, 7) is 1.66. The van der Waals surface area contributed by atoms with Gasteiger partial charge in [0.2, 0.25) is 5.91 Å². The predicted octanol–water partition coefficient (Wildman–Crippen LogP) is 2.01. The van der Waals surface area contributed by atoms with Crippen molar-refractivity contribution in [2.75, 3.05) is 13.1 Å². The SMILES string of the molecule is NCC1CCN(C2C3CC4CC(C3)CC2C4)C(=O)C1. The van der Waals surface area contributed by atoms with Crippen LogP contribution in [0.1, 0.15) is 44.9 Å². The van der Waals surface area contributed by atoms with Crippen LogP contribution >= 0.6 is 0 Å². The van der Waals surface area contributed by atoms with Crippen molar-refractivity contribution in [3.63, 3.8) is 0 Å². The van der Waals surface area contributed by atoms with E-state index in [1.165, 1.54) is 32.1 Å². The first-order chi connectivity index (χ1) is 9.24. The fourth-order valence-corrected chi connectivity index (χ4v) is 5.83. The van der Waals surface area contributed by atoms with Gasteiger partial charge in [0.25, 0.3) is 0 Å². The van der Waals surface area contributed by atoms with Crippen molar-refractivity contribution in [3.8, 4) is 0 Å². The zero-order valence-corrected chi connectivity index (χ0v) is 11.8. The quantitative estimate of drug-likeness (QED) is 0.827. The summed E-state index contributed by atoms with van der Waals surface area (Å²) in [6, 6.07) is 0.596. The Morgan fingerprint density at radius 2 is 1.68 bits per heavy atom. The van der Waals surface area contributed by atoms with Crippen molar-refractivity contribution in [1.82, 2.24) is 4.90 Å². The smallest absolute Gasteiger partial charge is 0.223 e. The lowest BCUT2D eigenvalue weighted by Gasteiger charge is -2.58. The fraction of sp³-hybridized carbons (Fsp3) is 0.938. The van der Waals surface area contributed by atoms with E-state index in [0.717, 1.165) is 36.6 Å². The van der Waals surface area contributed by atoms with E-state index in [0.29, 0.717) is 30.8 Å². The normalized spacial score (nSPS) is 48.9. The van der Waals surface area contributed by atoms with Crippen LogP contribution < -0.4 is 5.73 Å². The van der Waals surface area contributed by atoms with E-state index in [2.05, 4.69) is 4.90 Å². The molecule has 0 spiro atoms. The Kier molecular flexibility index (Phi) is 2.87. The molecule has 4 aliphatic carbocycles. The second-order valence-corrected chi connectivity index (χ2v) is 7.60. The van der Waals surface area contributed by atoms with Gasteiger partial charge >= 0.3 is 0 Å². The van der Waals surface area contributed by atoms with Gasteiger partial charge in [-0.2, -0.15) is 0 Å². The summed E-state index contributed by atoms with van der Waals surface area (Å²) in [5.74, 6) is 4.50. The maximum atomic E-state index is 12.5. The van der Waals surface area contributed by atoms with E-state index in [9.17, 15) is 4.79 Å². The summed E-state index contributed by atoms with van der Waals surface area (Å²) in [4.78, 5) is 14.7. The topological polar surface area (TPSA) is 46.3 Å². The van der Waals surface area contributed by atoms with Gasteiger partial charge in [0.15, 0.2) is 0 Å². The molecule has 4 bridgehead atoms. The molecule has 0 aromatic rings. The minimum Gasteiger partial charge on any atom is -0.339 e. The van der Waals surface area contributed by atoms with Crippen molar-refractivity contribution < 1.29 is 4.79 Å². The van der Waals surface area contributed by atoms with E-state index in [1.807, 2.05) is 0 Å². The number of carbonyl (C=O) groups is 1. The molecular formula is C16H26N2O. The molecule has 5 aliphatic rings. The summed E-state index contributed by atoms with van der Waals surface area (Å²) in [6.07, 6.45) is 8.94. The molecule has 1 heterocycles. The largest absolute Gasteiger partial charge is 0.339 e. The summed E-state index contributed by atoms with van der Waals surface area (Å²) >= 11 is 0. The third-order valence-electron chi connectivity index (χ3n) is 6.43. The Hall–Kier alpha value is -0.570. The molecule has 5 fully saturated rings. The number of carbonyl (C=O) groups excluding carboxylic acids is 1. The lowest BCUT2D eigenvalue weighted by Crippen LogP contribution is -2.59. The van der Waals surface area contributed by atoms with Gasteiger partial charge in [-0.1, -0.05) is 0 Å². The first kappa shape index (κ1) is 12.2. The van der Waals surface area contributed by atoms with Gasteiger partial charge < -0.3 is 10.6 Å². The molecule has 2 N–H and O–H groups in total. The Labute approximate surface area is 115 Å². The summed E-state index contributed by atoms with van der Waals surface area (Å²) < 4.78 is 0. The lowest BCUT2D eigenvalue weighted by atomic mass is 9.53. The standard InChI is InChI=1S/C16H26N2O/c17-9-10-1-2-18(15(19)8-10)16-13-4-11-3-12(6-13)7-14(16)5-11/h10-14,16H,1-9,17H2. The van der Waals surface area contributed by atoms with Crippen LogP contribution in [0.2, 0.25) is 0 Å². The zero-order chi connectivity index (χ0) is 13.0. The van der Waals surface area contributed by atoms with Crippen LogP contribution in [0, 0.1) is 29.6 Å². The minimum atomic E-state index is 0.402. The molecule has 0 aromatic heterocycles. The van der Waals surface area contributed by atoms with Crippen LogP contribution in [0.4, 0.5) is 0 Å². The van der Waals surface area contributed by atoms with Crippen LogP contribution in [-0.2, 0) is 4.79 Å². The van der Waals surface area contributed by atoms with E-state index >= 15 is 0 Å². The van der Waals surface area contributed by atoms with Crippen LogP contribution in [0.15, 0.2) is 0 Å². The van der Waals surface area contributed by atoms with Gasteiger partial charge in [-0.05, 0) is 74.7 Å². The maximum Gasteiger partial charge on any atom is 0.223 e. The predicted molar refractivity (Wildman–Crippen MR) is 74.3 cm³/mol. The molecule has 3 nitrogen and oxygen atoms in total. The Morgan fingerprint density at radius 3 is 2.21 bits per heavy atom. The Balaban J connectivity index is 1.52. The number of rotatable bonds is 2. The van der Waals surface area contributed by atoms with Gasteiger partial charge in [0.05, 0.1) is 0 Å². The molecule has 106 valence electrons. The van der Waals surface area contributed by atoms with Crippen molar-refractivity contribution >= 4 is 5.91 Å². The van der Waals surface area contributed by atoms with E-state index in [1.54, 1.807) is 0 Å². The lowest BCUT2D eigenvalue weighted by molar-refractivity contribution is -0.148. The average molecular weight is 262 g/mol.